The minimum atomic E-state index is -0.733. The molecule has 1 N–H and O–H groups in total. The van der Waals surface area contributed by atoms with Crippen molar-refractivity contribution in [2.45, 2.75) is 25.0 Å². The number of halogens is 1. The van der Waals surface area contributed by atoms with E-state index in [9.17, 15) is 14.7 Å². The van der Waals surface area contributed by atoms with Gasteiger partial charge in [-0.25, -0.2) is 0 Å². The number of nitrogens with zero attached hydrogens (tertiary/aromatic N) is 2. The Bertz CT molecular complexity index is 1000. The van der Waals surface area contributed by atoms with Gasteiger partial charge in [0, 0.05) is 31.1 Å². The molecule has 1 aromatic carbocycles. The Kier molecular flexibility index (Phi) is 5.87. The first-order valence-electron chi connectivity index (χ1n) is 9.65. The summed E-state index contributed by atoms with van der Waals surface area (Å²) in [6.45, 7) is 0.930. The maximum absolute atomic E-state index is 13.0. The number of Topliss-reactive ketones (excluding diaryl/α,β-unsaturated/α-hetero) is 1. The Balaban J connectivity index is 1.81. The summed E-state index contributed by atoms with van der Waals surface area (Å²) >= 11 is 3.39. The fourth-order valence-corrected chi connectivity index (χ4v) is 4.47. The Morgan fingerprint density at radius 1 is 1.37 bits per heavy atom. The number of likely N-dealkylation sites (tertiary alicyclic amines) is 1. The van der Waals surface area contributed by atoms with Crippen LogP contribution in [0.4, 0.5) is 0 Å². The fourth-order valence-electron chi connectivity index (χ4n) is 3.93. The highest BCUT2D eigenvalue weighted by Gasteiger charge is 2.47. The highest BCUT2D eigenvalue weighted by Crippen LogP contribution is 2.40. The van der Waals surface area contributed by atoms with Crippen LogP contribution in [0, 0.1) is 0 Å². The average Bonchev–Trinajstić information content (AvgIpc) is 3.36. The number of benzene rings is 1. The molecule has 0 radical (unpaired) electrons. The lowest BCUT2D eigenvalue weighted by atomic mass is 9.96. The van der Waals surface area contributed by atoms with Gasteiger partial charge in [0.2, 0.25) is 0 Å². The second kappa shape index (κ2) is 8.57. The minimum absolute atomic E-state index is 0.0445. The van der Waals surface area contributed by atoms with Crippen LogP contribution in [0.15, 0.2) is 52.8 Å². The smallest absolute Gasteiger partial charge is 0.295 e. The van der Waals surface area contributed by atoms with Gasteiger partial charge in [-0.05, 0) is 58.6 Å². The van der Waals surface area contributed by atoms with Crippen molar-refractivity contribution in [1.82, 2.24) is 9.88 Å². The molecule has 2 aliphatic rings. The van der Waals surface area contributed by atoms with Gasteiger partial charge in [-0.1, -0.05) is 6.07 Å². The number of aromatic nitrogens is 1. The molecule has 0 bridgehead atoms. The average molecular weight is 473 g/mol. The van der Waals surface area contributed by atoms with Crippen molar-refractivity contribution in [3.8, 4) is 5.75 Å². The third-order valence-electron chi connectivity index (χ3n) is 5.39. The third kappa shape index (κ3) is 3.73. The SMILES string of the molecule is COc1ccc(/C(O)=C2/C(=O)C(=O)N(CC3CCCO3)C2c2cccnc2)cc1Br. The Hall–Kier alpha value is -2.71. The molecule has 30 heavy (non-hydrogen) atoms. The van der Waals surface area contributed by atoms with Crippen LogP contribution in [-0.4, -0.2) is 53.0 Å². The van der Waals surface area contributed by atoms with Gasteiger partial charge in [-0.3, -0.25) is 14.6 Å². The second-order valence-electron chi connectivity index (χ2n) is 7.22. The summed E-state index contributed by atoms with van der Waals surface area (Å²) in [6.07, 6.45) is 4.85. The molecule has 2 atom stereocenters. The third-order valence-corrected chi connectivity index (χ3v) is 6.01. The highest BCUT2D eigenvalue weighted by atomic mass is 79.9. The van der Waals surface area contributed by atoms with E-state index < -0.39 is 17.7 Å². The summed E-state index contributed by atoms with van der Waals surface area (Å²) in [5.74, 6) is -1.01. The van der Waals surface area contributed by atoms with Crippen molar-refractivity contribution >= 4 is 33.4 Å². The molecule has 0 aliphatic carbocycles. The van der Waals surface area contributed by atoms with Gasteiger partial charge < -0.3 is 19.5 Å². The predicted octanol–water partition coefficient (Wildman–Crippen LogP) is 3.45. The van der Waals surface area contributed by atoms with Crippen molar-refractivity contribution in [3.05, 3.63) is 63.9 Å². The number of methoxy groups -OCH3 is 1. The van der Waals surface area contributed by atoms with Crippen LogP contribution in [0.2, 0.25) is 0 Å². The zero-order valence-corrected chi connectivity index (χ0v) is 18.0. The van der Waals surface area contributed by atoms with E-state index in [-0.39, 0.29) is 24.0 Å². The molecular weight excluding hydrogens is 452 g/mol. The standard InChI is InChI=1S/C22H21BrN2O5/c1-29-17-7-6-13(10-16(17)23)20(26)18-19(14-4-2-8-24-11-14)25(22(28)21(18)27)12-15-5-3-9-30-15/h2,4,6-8,10-11,15,19,26H,3,5,9,12H2,1H3/b20-18-. The Morgan fingerprint density at radius 2 is 2.20 bits per heavy atom. The molecule has 156 valence electrons. The number of carbonyl (C=O) groups excluding carboxylic acids is 2. The number of amides is 1. The minimum Gasteiger partial charge on any atom is -0.507 e. The van der Waals surface area contributed by atoms with E-state index >= 15 is 0 Å². The molecule has 2 fully saturated rings. The van der Waals surface area contributed by atoms with Gasteiger partial charge in [-0.2, -0.15) is 0 Å². The van der Waals surface area contributed by atoms with Crippen LogP contribution in [0.25, 0.3) is 5.76 Å². The van der Waals surface area contributed by atoms with Crippen LogP contribution in [0.3, 0.4) is 0 Å². The molecule has 7 nitrogen and oxygen atoms in total. The van der Waals surface area contributed by atoms with Gasteiger partial charge in [0.15, 0.2) is 0 Å². The topological polar surface area (TPSA) is 89.0 Å². The van der Waals surface area contributed by atoms with E-state index in [0.29, 0.717) is 28.0 Å². The maximum atomic E-state index is 13.0. The van der Waals surface area contributed by atoms with Crippen LogP contribution in [-0.2, 0) is 14.3 Å². The molecule has 0 spiro atoms. The first kappa shape index (κ1) is 20.6. The zero-order chi connectivity index (χ0) is 21.3. The molecule has 2 aliphatic heterocycles. The lowest BCUT2D eigenvalue weighted by molar-refractivity contribution is -0.140. The molecular formula is C22H21BrN2O5. The molecule has 2 aromatic rings. The maximum Gasteiger partial charge on any atom is 0.295 e. The van der Waals surface area contributed by atoms with E-state index in [4.69, 9.17) is 9.47 Å². The molecule has 2 unspecified atom stereocenters. The summed E-state index contributed by atoms with van der Waals surface area (Å²) in [6, 6.07) is 7.79. The highest BCUT2D eigenvalue weighted by molar-refractivity contribution is 9.10. The summed E-state index contributed by atoms with van der Waals surface area (Å²) in [7, 11) is 1.54. The molecule has 0 saturated carbocycles. The lowest BCUT2D eigenvalue weighted by Gasteiger charge is -2.27. The molecule has 1 aromatic heterocycles. The monoisotopic (exact) mass is 472 g/mol. The van der Waals surface area contributed by atoms with Crippen LogP contribution in [0.1, 0.15) is 30.0 Å². The number of aliphatic hydroxyl groups is 1. The summed E-state index contributed by atoms with van der Waals surface area (Å²) in [5, 5.41) is 11.1. The zero-order valence-electron chi connectivity index (χ0n) is 16.4. The van der Waals surface area contributed by atoms with E-state index in [1.54, 1.807) is 49.8 Å². The lowest BCUT2D eigenvalue weighted by Crippen LogP contribution is -2.36. The quantitative estimate of drug-likeness (QED) is 0.407. The second-order valence-corrected chi connectivity index (χ2v) is 8.08. The van der Waals surface area contributed by atoms with Crippen LogP contribution < -0.4 is 4.74 Å². The van der Waals surface area contributed by atoms with E-state index in [1.165, 1.54) is 4.90 Å². The number of aliphatic hydroxyl groups excluding tert-OH is 1. The number of hydrogen-bond donors (Lipinski definition) is 1. The first-order chi connectivity index (χ1) is 14.5. The fraction of sp³-hybridized carbons (Fsp3) is 0.318. The molecule has 8 heteroatoms. The van der Waals surface area contributed by atoms with E-state index in [1.807, 2.05) is 0 Å². The van der Waals surface area contributed by atoms with Crippen LogP contribution >= 0.6 is 15.9 Å². The van der Waals surface area contributed by atoms with Gasteiger partial charge >= 0.3 is 0 Å². The molecule has 1 amide bonds. The number of ether oxygens (including phenoxy) is 2. The Morgan fingerprint density at radius 3 is 2.83 bits per heavy atom. The van der Waals surface area contributed by atoms with E-state index in [0.717, 1.165) is 12.8 Å². The number of ketones is 1. The van der Waals surface area contributed by atoms with E-state index in [2.05, 4.69) is 20.9 Å². The van der Waals surface area contributed by atoms with Crippen molar-refractivity contribution in [3.63, 3.8) is 0 Å². The number of hydrogen-bond acceptors (Lipinski definition) is 6. The van der Waals surface area contributed by atoms with Gasteiger partial charge in [0.25, 0.3) is 11.7 Å². The van der Waals surface area contributed by atoms with Crippen molar-refractivity contribution < 1.29 is 24.2 Å². The van der Waals surface area contributed by atoms with Gasteiger partial charge in [0.05, 0.1) is 29.3 Å². The molecule has 3 heterocycles. The summed E-state index contributed by atoms with van der Waals surface area (Å²) < 4.78 is 11.5. The number of rotatable bonds is 5. The largest absolute Gasteiger partial charge is 0.507 e. The Labute approximate surface area is 182 Å². The van der Waals surface area contributed by atoms with Crippen molar-refractivity contribution in [1.29, 1.82) is 0 Å². The number of pyridine rings is 1. The molecule has 2 saturated heterocycles. The van der Waals surface area contributed by atoms with Crippen LogP contribution in [0.5, 0.6) is 5.75 Å². The first-order valence-corrected chi connectivity index (χ1v) is 10.4. The van der Waals surface area contributed by atoms with Crippen molar-refractivity contribution in [2.75, 3.05) is 20.3 Å². The summed E-state index contributed by atoms with van der Waals surface area (Å²) in [5.41, 5.74) is 1.11. The normalized spacial score (nSPS) is 23.2. The number of carbonyl (C=O) groups is 2. The van der Waals surface area contributed by atoms with Gasteiger partial charge in [0.1, 0.15) is 11.5 Å². The molecule has 4 rings (SSSR count). The predicted molar refractivity (Wildman–Crippen MR) is 113 cm³/mol. The van der Waals surface area contributed by atoms with Crippen molar-refractivity contribution in [2.24, 2.45) is 0 Å². The summed E-state index contributed by atoms with van der Waals surface area (Å²) in [4.78, 5) is 31.5. The van der Waals surface area contributed by atoms with Gasteiger partial charge in [-0.15, -0.1) is 0 Å².